The molecule has 0 amide bonds. The average molecular weight is 681 g/mol. The molecule has 0 saturated carbocycles. The third-order valence-corrected chi connectivity index (χ3v) is 12.8. The van der Waals surface area contributed by atoms with Crippen LogP contribution in [0.1, 0.15) is 30.9 Å². The summed E-state index contributed by atoms with van der Waals surface area (Å²) in [4.78, 5) is 14.7. The number of ketones is 1. The van der Waals surface area contributed by atoms with Gasteiger partial charge in [0.15, 0.2) is 6.54 Å². The highest BCUT2D eigenvalue weighted by molar-refractivity contribution is 7.89. The second-order valence-electron chi connectivity index (χ2n) is 13.7. The topological polar surface area (TPSA) is 73.8 Å². The van der Waals surface area contributed by atoms with E-state index >= 15 is 0 Å². The third-order valence-electron chi connectivity index (χ3n) is 10.9. The van der Waals surface area contributed by atoms with E-state index in [-0.39, 0.29) is 16.6 Å². The molecule has 9 rings (SSSR count). The maximum absolute atomic E-state index is 14.4. The molecule has 5 aliphatic rings. The maximum atomic E-state index is 14.4. The summed E-state index contributed by atoms with van der Waals surface area (Å²) in [5.41, 5.74) is 9.12. The van der Waals surface area contributed by atoms with Gasteiger partial charge in [-0.05, 0) is 62.1 Å². The Labute approximate surface area is 292 Å². The lowest BCUT2D eigenvalue weighted by Gasteiger charge is -2.30. The van der Waals surface area contributed by atoms with Crippen LogP contribution in [0.2, 0.25) is 0 Å². The lowest BCUT2D eigenvalue weighted by Crippen LogP contribution is -2.40. The Morgan fingerprint density at radius 2 is 1.54 bits per heavy atom. The van der Waals surface area contributed by atoms with Crippen LogP contribution in [0, 0.1) is 5.92 Å². The van der Waals surface area contributed by atoms with Crippen LogP contribution >= 0.6 is 0 Å². The highest BCUT2D eigenvalue weighted by Crippen LogP contribution is 2.45. The Kier molecular flexibility index (Phi) is 7.48. The number of Topliss-reactive ketones (excluding diaryl/α,β-unsaturated/α-hetero) is 1. The Morgan fingerprint density at radius 1 is 0.780 bits per heavy atom. The van der Waals surface area contributed by atoms with E-state index in [4.69, 9.17) is 4.42 Å². The number of hydrogen-bond donors (Lipinski definition) is 0. The molecule has 0 bridgehead atoms. The standard InChI is InChI=1S/C42H38N3O4S/c1-28(46)29-18-22-43(23-19-29)50(47,48)41-13-7-4-10-36(41)42-34-16-14-32(44-24-20-30-8-2-5-11-37(30)44)26-39(34)49-40-27-33(15-17-35(40)42)45-25-21-31-9-3-6-12-38(31)45/h2-17,26-27,29H,18-25H2,1H3/q+1. The van der Waals surface area contributed by atoms with Gasteiger partial charge in [-0.15, -0.1) is 0 Å². The van der Waals surface area contributed by atoms with Gasteiger partial charge in [-0.2, -0.15) is 8.88 Å². The zero-order valence-electron chi connectivity index (χ0n) is 28.0. The van der Waals surface area contributed by atoms with E-state index in [1.165, 1.54) is 22.5 Å². The number of fused-ring (bicyclic) bond motifs is 4. The molecule has 0 atom stereocenters. The summed E-state index contributed by atoms with van der Waals surface area (Å²) in [7, 11) is -3.86. The minimum Gasteiger partial charge on any atom is -0.456 e. The normalized spacial score (nSPS) is 17.7. The van der Waals surface area contributed by atoms with Crippen LogP contribution in [0.25, 0.3) is 33.4 Å². The van der Waals surface area contributed by atoms with Crippen molar-refractivity contribution in [3.8, 4) is 22.5 Å². The van der Waals surface area contributed by atoms with E-state index in [0.717, 1.165) is 53.5 Å². The Morgan fingerprint density at radius 3 is 2.38 bits per heavy atom. The van der Waals surface area contributed by atoms with Crippen LogP contribution < -0.4 is 14.8 Å². The van der Waals surface area contributed by atoms with E-state index in [1.54, 1.807) is 23.4 Å². The molecular formula is C42H38N3O4S+. The van der Waals surface area contributed by atoms with E-state index in [2.05, 4.69) is 94.4 Å². The van der Waals surface area contributed by atoms with Crippen molar-refractivity contribution in [3.05, 3.63) is 126 Å². The molecule has 1 aliphatic carbocycles. The molecular weight excluding hydrogens is 643 g/mol. The quantitative estimate of drug-likeness (QED) is 0.139. The average Bonchev–Trinajstić information content (AvgIpc) is 3.78. The first-order chi connectivity index (χ1) is 24.4. The second-order valence-corrected chi connectivity index (χ2v) is 15.6. The molecule has 1 fully saturated rings. The first-order valence-electron chi connectivity index (χ1n) is 17.5. The van der Waals surface area contributed by atoms with Crippen molar-refractivity contribution >= 4 is 43.8 Å². The van der Waals surface area contributed by atoms with Crippen LogP contribution in [-0.2, 0) is 27.7 Å². The summed E-state index contributed by atoms with van der Waals surface area (Å²) in [5, 5.41) is 1.89. The van der Waals surface area contributed by atoms with Gasteiger partial charge in [0.2, 0.25) is 21.1 Å². The van der Waals surface area contributed by atoms with E-state index in [9.17, 15) is 13.2 Å². The number of carbonyl (C=O) groups is 1. The number of piperidine rings is 1. The van der Waals surface area contributed by atoms with Crippen molar-refractivity contribution in [1.29, 1.82) is 0 Å². The minimum atomic E-state index is -3.86. The molecule has 1 saturated heterocycles. The number of rotatable bonds is 5. The van der Waals surface area contributed by atoms with Gasteiger partial charge in [0.05, 0.1) is 11.0 Å². The number of hydrogen-bond acceptors (Lipinski definition) is 5. The number of para-hydroxylation sites is 2. The predicted molar refractivity (Wildman–Crippen MR) is 198 cm³/mol. The van der Waals surface area contributed by atoms with Gasteiger partial charge in [-0.25, -0.2) is 8.42 Å². The van der Waals surface area contributed by atoms with Gasteiger partial charge >= 0.3 is 0 Å². The summed E-state index contributed by atoms with van der Waals surface area (Å²) in [5.74, 6) is 0.735. The van der Waals surface area contributed by atoms with Crippen LogP contribution in [-0.4, -0.2) is 44.7 Å². The SMILES string of the molecule is CC(=O)C1CCN(S(=O)(=O)c2ccccc2-c2c3ccc(=[N+]4CCc5ccccc54)cc-3oc3cc(N4CCc5ccccc54)ccc23)CC1. The van der Waals surface area contributed by atoms with Crippen molar-refractivity contribution in [1.82, 2.24) is 8.88 Å². The lowest BCUT2D eigenvalue weighted by molar-refractivity contribution is -0.121. The highest BCUT2D eigenvalue weighted by Gasteiger charge is 2.34. The number of nitrogens with zero attached hydrogens (tertiary/aromatic N) is 3. The van der Waals surface area contributed by atoms with E-state index in [0.29, 0.717) is 42.8 Å². The van der Waals surface area contributed by atoms with Crippen molar-refractivity contribution in [3.63, 3.8) is 0 Å². The molecule has 8 heteroatoms. The molecule has 4 aromatic rings. The summed E-state index contributed by atoms with van der Waals surface area (Å²) in [6.45, 7) is 4.01. The van der Waals surface area contributed by atoms with Gasteiger partial charge in [0, 0.05) is 89.2 Å². The molecule has 4 heterocycles. The molecule has 0 unspecified atom stereocenters. The minimum absolute atomic E-state index is 0.0890. The predicted octanol–water partition coefficient (Wildman–Crippen LogP) is 7.55. The monoisotopic (exact) mass is 680 g/mol. The van der Waals surface area contributed by atoms with Gasteiger partial charge in [-0.1, -0.05) is 54.6 Å². The molecule has 4 aliphatic heterocycles. The second kappa shape index (κ2) is 12.1. The number of benzene rings is 5. The molecule has 0 spiro atoms. The summed E-state index contributed by atoms with van der Waals surface area (Å²) < 4.78 is 39.5. The smallest absolute Gasteiger partial charge is 0.243 e. The molecule has 0 N–H and O–H groups in total. The molecule has 0 radical (unpaired) electrons. The van der Waals surface area contributed by atoms with Gasteiger partial charge in [0.1, 0.15) is 17.1 Å². The fourth-order valence-electron chi connectivity index (χ4n) is 8.25. The van der Waals surface area contributed by atoms with Crippen LogP contribution in [0.5, 0.6) is 0 Å². The van der Waals surface area contributed by atoms with Crippen molar-refractivity contribution < 1.29 is 17.6 Å². The van der Waals surface area contributed by atoms with E-state index < -0.39 is 10.0 Å². The van der Waals surface area contributed by atoms with Crippen molar-refractivity contribution in [2.75, 3.05) is 31.1 Å². The van der Waals surface area contributed by atoms with Crippen LogP contribution in [0.3, 0.4) is 0 Å². The Bertz CT molecular complexity index is 2480. The zero-order valence-corrected chi connectivity index (χ0v) is 28.8. The zero-order chi connectivity index (χ0) is 34.0. The Hall–Kier alpha value is -5.05. The summed E-state index contributed by atoms with van der Waals surface area (Å²) >= 11 is 0. The third kappa shape index (κ3) is 5.08. The van der Waals surface area contributed by atoms with Crippen molar-refractivity contribution in [2.45, 2.75) is 37.5 Å². The van der Waals surface area contributed by atoms with Crippen LogP contribution in [0.15, 0.2) is 119 Å². The number of sulfonamides is 1. The number of anilines is 2. The van der Waals surface area contributed by atoms with Gasteiger partial charge in [-0.3, -0.25) is 4.79 Å². The molecule has 4 aromatic carbocycles. The summed E-state index contributed by atoms with van der Waals surface area (Å²) in [6.07, 6.45) is 3.03. The van der Waals surface area contributed by atoms with Crippen LogP contribution in [0.4, 0.5) is 17.1 Å². The Balaban J connectivity index is 1.25. The highest BCUT2D eigenvalue weighted by atomic mass is 32.2. The van der Waals surface area contributed by atoms with Gasteiger partial charge in [0.25, 0.3) is 0 Å². The number of carbonyl (C=O) groups excluding carboxylic acids is 1. The molecule has 7 nitrogen and oxygen atoms in total. The van der Waals surface area contributed by atoms with Crippen molar-refractivity contribution in [2.24, 2.45) is 5.92 Å². The molecule has 50 heavy (non-hydrogen) atoms. The first kappa shape index (κ1) is 31.0. The fourth-order valence-corrected chi connectivity index (χ4v) is 9.91. The molecule has 0 aromatic heterocycles. The first-order valence-corrected chi connectivity index (χ1v) is 19.0. The van der Waals surface area contributed by atoms with E-state index in [1.807, 2.05) is 12.1 Å². The lowest BCUT2D eigenvalue weighted by atomic mass is 9.93. The van der Waals surface area contributed by atoms with Gasteiger partial charge < -0.3 is 9.32 Å². The molecule has 250 valence electrons. The summed E-state index contributed by atoms with van der Waals surface area (Å²) in [6, 6.07) is 36.9. The fraction of sp³-hybridized carbons (Fsp3) is 0.238. The maximum Gasteiger partial charge on any atom is 0.243 e. The largest absolute Gasteiger partial charge is 0.456 e.